The highest BCUT2D eigenvalue weighted by Gasteiger charge is 2.12. The third-order valence-corrected chi connectivity index (χ3v) is 3.89. The summed E-state index contributed by atoms with van der Waals surface area (Å²) in [6.45, 7) is 1.22. The van der Waals surface area contributed by atoms with Gasteiger partial charge >= 0.3 is 0 Å². The normalized spacial score (nSPS) is 14.8. The molecule has 2 rings (SSSR count). The van der Waals surface area contributed by atoms with Gasteiger partial charge in [-0.05, 0) is 18.4 Å². The van der Waals surface area contributed by atoms with Crippen molar-refractivity contribution in [2.45, 2.75) is 31.8 Å². The van der Waals surface area contributed by atoms with Crippen LogP contribution in [0.15, 0.2) is 47.5 Å². The Balaban J connectivity index is 1.68. The van der Waals surface area contributed by atoms with Gasteiger partial charge in [0.1, 0.15) is 0 Å². The van der Waals surface area contributed by atoms with Crippen LogP contribution in [0.1, 0.15) is 24.8 Å². The predicted molar refractivity (Wildman–Crippen MR) is 94.2 cm³/mol. The van der Waals surface area contributed by atoms with Crippen LogP contribution in [0.2, 0.25) is 0 Å². The second-order valence-corrected chi connectivity index (χ2v) is 5.77. The van der Waals surface area contributed by atoms with E-state index in [1.54, 1.807) is 11.9 Å². The number of carbonyl (C=O) groups is 1. The second-order valence-electron chi connectivity index (χ2n) is 5.77. The van der Waals surface area contributed by atoms with Crippen LogP contribution in [0, 0.1) is 0 Å². The average molecular weight is 314 g/mol. The zero-order chi connectivity index (χ0) is 16.5. The molecule has 0 fully saturated rings. The number of nitrogens with zero attached hydrogens (tertiary/aromatic N) is 2. The molecule has 0 atom stereocenters. The Kier molecular flexibility index (Phi) is 6.66. The Bertz CT molecular complexity index is 545. The van der Waals surface area contributed by atoms with Crippen LogP contribution in [0.25, 0.3) is 0 Å². The van der Waals surface area contributed by atoms with E-state index in [4.69, 9.17) is 0 Å². The number of benzene rings is 1. The Morgan fingerprint density at radius 1 is 1.26 bits per heavy atom. The molecule has 0 bridgehead atoms. The van der Waals surface area contributed by atoms with E-state index < -0.39 is 0 Å². The van der Waals surface area contributed by atoms with Gasteiger partial charge in [0, 0.05) is 39.6 Å². The van der Waals surface area contributed by atoms with Crippen LogP contribution in [-0.2, 0) is 11.3 Å². The third kappa shape index (κ3) is 5.77. The first-order valence-corrected chi connectivity index (χ1v) is 8.09. The third-order valence-electron chi connectivity index (χ3n) is 3.89. The Morgan fingerprint density at radius 2 is 1.96 bits per heavy atom. The fraction of sp³-hybridized carbons (Fsp3) is 0.444. The highest BCUT2D eigenvalue weighted by atomic mass is 16.2. The van der Waals surface area contributed by atoms with E-state index in [1.165, 1.54) is 0 Å². The summed E-state index contributed by atoms with van der Waals surface area (Å²) in [5.74, 6) is 0.886. The molecule has 5 heteroatoms. The molecule has 0 radical (unpaired) electrons. The lowest BCUT2D eigenvalue weighted by Gasteiger charge is -2.19. The zero-order valence-corrected chi connectivity index (χ0v) is 14.0. The number of carbonyl (C=O) groups excluding carboxylic acids is 1. The van der Waals surface area contributed by atoms with E-state index in [0.717, 1.165) is 24.4 Å². The second kappa shape index (κ2) is 8.98. The van der Waals surface area contributed by atoms with Crippen molar-refractivity contribution in [2.75, 3.05) is 20.6 Å². The van der Waals surface area contributed by atoms with Crippen molar-refractivity contribution in [2.24, 2.45) is 4.99 Å². The monoisotopic (exact) mass is 314 g/mol. The summed E-state index contributed by atoms with van der Waals surface area (Å²) < 4.78 is 0. The van der Waals surface area contributed by atoms with Crippen molar-refractivity contribution in [3.8, 4) is 0 Å². The summed E-state index contributed by atoms with van der Waals surface area (Å²) in [6.07, 6.45) is 6.85. The molecule has 1 aromatic carbocycles. The number of guanidine groups is 1. The van der Waals surface area contributed by atoms with Gasteiger partial charge in [0.15, 0.2) is 5.96 Å². The summed E-state index contributed by atoms with van der Waals surface area (Å²) in [5.41, 5.74) is 1.14. The first-order chi connectivity index (χ1) is 11.2. The zero-order valence-electron chi connectivity index (χ0n) is 14.0. The van der Waals surface area contributed by atoms with Crippen molar-refractivity contribution >= 4 is 11.9 Å². The maximum Gasteiger partial charge on any atom is 0.224 e. The lowest BCUT2D eigenvalue weighted by atomic mass is 10.2. The van der Waals surface area contributed by atoms with Gasteiger partial charge < -0.3 is 15.5 Å². The van der Waals surface area contributed by atoms with Crippen LogP contribution in [0.4, 0.5) is 0 Å². The lowest BCUT2D eigenvalue weighted by Crippen LogP contribution is -2.43. The average Bonchev–Trinajstić information content (AvgIpc) is 3.07. The van der Waals surface area contributed by atoms with Gasteiger partial charge in [-0.3, -0.25) is 9.79 Å². The van der Waals surface area contributed by atoms with E-state index >= 15 is 0 Å². The van der Waals surface area contributed by atoms with Crippen molar-refractivity contribution in [3.63, 3.8) is 0 Å². The van der Waals surface area contributed by atoms with Crippen LogP contribution < -0.4 is 10.6 Å². The summed E-state index contributed by atoms with van der Waals surface area (Å²) in [7, 11) is 3.59. The number of hydrogen-bond donors (Lipinski definition) is 2. The number of hydrogen-bond acceptors (Lipinski definition) is 2. The Hall–Kier alpha value is -2.30. The minimum Gasteiger partial charge on any atom is -0.356 e. The maximum absolute atomic E-state index is 12.2. The fourth-order valence-corrected chi connectivity index (χ4v) is 2.55. The van der Waals surface area contributed by atoms with E-state index in [2.05, 4.69) is 27.8 Å². The molecule has 5 nitrogen and oxygen atoms in total. The summed E-state index contributed by atoms with van der Waals surface area (Å²) in [5, 5.41) is 6.57. The molecule has 0 aliphatic heterocycles. The fourth-order valence-electron chi connectivity index (χ4n) is 2.55. The number of nitrogens with one attached hydrogen (secondary N) is 2. The van der Waals surface area contributed by atoms with Gasteiger partial charge in [0.05, 0.1) is 0 Å². The minimum absolute atomic E-state index is 0.124. The number of aliphatic imine (C=N–C) groups is 1. The van der Waals surface area contributed by atoms with E-state index in [0.29, 0.717) is 25.6 Å². The molecule has 0 heterocycles. The van der Waals surface area contributed by atoms with E-state index in [9.17, 15) is 4.79 Å². The summed E-state index contributed by atoms with van der Waals surface area (Å²) in [4.78, 5) is 18.1. The quantitative estimate of drug-likeness (QED) is 0.479. The number of amides is 1. The van der Waals surface area contributed by atoms with Crippen molar-refractivity contribution in [3.05, 3.63) is 48.0 Å². The Labute approximate surface area is 138 Å². The molecule has 0 saturated heterocycles. The molecular formula is C18H26N4O. The standard InChI is InChI=1S/C18H26N4O/c1-19-18(21-16-10-6-7-11-16)20-13-12-17(23)22(2)14-15-8-4-3-5-9-15/h3-9,16H,10-14H2,1-2H3,(H2,19,20,21). The van der Waals surface area contributed by atoms with Crippen LogP contribution in [-0.4, -0.2) is 43.4 Å². The summed E-state index contributed by atoms with van der Waals surface area (Å²) in [6, 6.07) is 10.4. The predicted octanol–water partition coefficient (Wildman–Crippen LogP) is 1.92. The van der Waals surface area contributed by atoms with Gasteiger partial charge in [-0.15, -0.1) is 0 Å². The smallest absolute Gasteiger partial charge is 0.224 e. The molecule has 0 spiro atoms. The summed E-state index contributed by atoms with van der Waals surface area (Å²) >= 11 is 0. The Morgan fingerprint density at radius 3 is 2.61 bits per heavy atom. The maximum atomic E-state index is 12.2. The molecule has 1 aromatic rings. The first-order valence-electron chi connectivity index (χ1n) is 8.09. The molecule has 1 aliphatic carbocycles. The molecule has 23 heavy (non-hydrogen) atoms. The van der Waals surface area contributed by atoms with E-state index in [1.807, 2.05) is 37.4 Å². The van der Waals surface area contributed by atoms with Crippen molar-refractivity contribution in [1.82, 2.24) is 15.5 Å². The van der Waals surface area contributed by atoms with Gasteiger partial charge in [-0.2, -0.15) is 0 Å². The highest BCUT2D eigenvalue weighted by Crippen LogP contribution is 2.08. The van der Waals surface area contributed by atoms with Crippen LogP contribution in [0.5, 0.6) is 0 Å². The van der Waals surface area contributed by atoms with Gasteiger partial charge in [0.25, 0.3) is 0 Å². The molecule has 0 saturated carbocycles. The number of rotatable bonds is 6. The topological polar surface area (TPSA) is 56.7 Å². The molecule has 1 amide bonds. The van der Waals surface area contributed by atoms with Crippen LogP contribution >= 0.6 is 0 Å². The molecule has 2 N–H and O–H groups in total. The largest absolute Gasteiger partial charge is 0.356 e. The van der Waals surface area contributed by atoms with Gasteiger partial charge in [-0.25, -0.2) is 0 Å². The molecule has 0 unspecified atom stereocenters. The minimum atomic E-state index is 0.124. The highest BCUT2D eigenvalue weighted by molar-refractivity contribution is 5.81. The first kappa shape index (κ1) is 17.1. The van der Waals surface area contributed by atoms with Crippen LogP contribution in [0.3, 0.4) is 0 Å². The van der Waals surface area contributed by atoms with E-state index in [-0.39, 0.29) is 5.91 Å². The molecule has 1 aliphatic rings. The molecule has 124 valence electrons. The van der Waals surface area contributed by atoms with Gasteiger partial charge in [-0.1, -0.05) is 42.5 Å². The SMILES string of the molecule is CN=C(NCCC(=O)N(C)Cc1ccccc1)NC1CC=CC1. The molecule has 0 aromatic heterocycles. The van der Waals surface area contributed by atoms with Crippen molar-refractivity contribution < 1.29 is 4.79 Å². The molecular weight excluding hydrogens is 288 g/mol. The lowest BCUT2D eigenvalue weighted by molar-refractivity contribution is -0.130. The van der Waals surface area contributed by atoms with Gasteiger partial charge in [0.2, 0.25) is 5.91 Å². The van der Waals surface area contributed by atoms with Crippen molar-refractivity contribution in [1.29, 1.82) is 0 Å².